The average molecular weight is 272 g/mol. The lowest BCUT2D eigenvalue weighted by molar-refractivity contribution is 0.577. The molecular formula is C14H33NSi2. The van der Waals surface area contributed by atoms with Gasteiger partial charge in [-0.05, 0) is 26.4 Å². The molecule has 0 fully saturated rings. The van der Waals surface area contributed by atoms with Crippen LogP contribution in [-0.4, -0.2) is 30.0 Å². The predicted octanol–water partition coefficient (Wildman–Crippen LogP) is 3.06. The normalized spacial score (nSPS) is 17.8. The summed E-state index contributed by atoms with van der Waals surface area (Å²) in [6.45, 7) is 16.5. The third-order valence-electron chi connectivity index (χ3n) is 4.97. The summed E-state index contributed by atoms with van der Waals surface area (Å²) >= 11 is 0. The van der Waals surface area contributed by atoms with E-state index in [4.69, 9.17) is 0 Å². The van der Waals surface area contributed by atoms with Crippen LogP contribution in [0.15, 0.2) is 10.8 Å². The lowest BCUT2D eigenvalue weighted by Gasteiger charge is -2.37. The summed E-state index contributed by atoms with van der Waals surface area (Å²) in [7, 11) is 0.108. The maximum absolute atomic E-state index is 3.88. The zero-order valence-electron chi connectivity index (χ0n) is 13.3. The van der Waals surface area contributed by atoms with Crippen LogP contribution in [0.2, 0.25) is 18.1 Å². The van der Waals surface area contributed by atoms with Gasteiger partial charge in [0.05, 0.1) is 8.07 Å². The Morgan fingerprint density at radius 2 is 1.47 bits per heavy atom. The minimum Gasteiger partial charge on any atom is -0.311 e. The van der Waals surface area contributed by atoms with Gasteiger partial charge in [-0.25, -0.2) is 0 Å². The summed E-state index contributed by atoms with van der Waals surface area (Å²) in [5.74, 6) is 0. The van der Waals surface area contributed by atoms with Gasteiger partial charge >= 0.3 is 0 Å². The third kappa shape index (κ3) is 4.38. The molecule has 1 N–H and O–H groups in total. The molecule has 0 radical (unpaired) electrons. The van der Waals surface area contributed by atoms with Crippen LogP contribution in [0.25, 0.3) is 0 Å². The molecule has 0 aliphatic carbocycles. The molecule has 0 amide bonds. The van der Waals surface area contributed by atoms with Crippen LogP contribution < -0.4 is 5.32 Å². The van der Waals surface area contributed by atoms with Crippen LogP contribution in [0.5, 0.6) is 0 Å². The molecule has 2 atom stereocenters. The van der Waals surface area contributed by atoms with Gasteiger partial charge in [-0.15, -0.1) is 0 Å². The van der Waals surface area contributed by atoms with E-state index in [2.05, 4.69) is 53.8 Å². The molecule has 0 saturated carbocycles. The number of hydrogen-bond donors (Lipinski definition) is 1. The van der Waals surface area contributed by atoms with E-state index in [1.165, 1.54) is 28.4 Å². The second kappa shape index (κ2) is 7.54. The summed E-state index contributed by atoms with van der Waals surface area (Å²) in [6.07, 6.45) is 0. The topological polar surface area (TPSA) is 12.0 Å². The Hall–Kier alpha value is 0.134. The Morgan fingerprint density at radius 3 is 1.76 bits per heavy atom. The molecule has 0 saturated heterocycles. The first-order chi connectivity index (χ1) is 7.84. The van der Waals surface area contributed by atoms with Gasteiger partial charge in [-0.2, -0.15) is 0 Å². The van der Waals surface area contributed by atoms with E-state index >= 15 is 0 Å². The summed E-state index contributed by atoms with van der Waals surface area (Å²) in [4.78, 5) is 0. The first-order valence-electron chi connectivity index (χ1n) is 7.24. The molecule has 0 aromatic heterocycles. The van der Waals surface area contributed by atoms with Crippen molar-refractivity contribution in [2.24, 2.45) is 0 Å². The van der Waals surface area contributed by atoms with Crippen LogP contribution in [-0.2, 0) is 0 Å². The van der Waals surface area contributed by atoms with E-state index in [1.807, 2.05) is 0 Å². The monoisotopic (exact) mass is 271 g/mol. The van der Waals surface area contributed by atoms with Crippen molar-refractivity contribution in [1.29, 1.82) is 0 Å². The van der Waals surface area contributed by atoms with E-state index < -0.39 is 8.07 Å². The molecule has 0 aliphatic heterocycles. The molecule has 0 aromatic carbocycles. The minimum absolute atomic E-state index is 0.555. The molecule has 0 rings (SSSR count). The Balaban J connectivity index is 4.73. The second-order valence-electron chi connectivity index (χ2n) is 5.72. The molecular weight excluding hydrogens is 238 g/mol. The molecule has 0 aromatic rings. The lowest BCUT2D eigenvalue weighted by atomic mass is 10.1. The van der Waals surface area contributed by atoms with Gasteiger partial charge in [0.15, 0.2) is 0 Å². The van der Waals surface area contributed by atoms with Crippen molar-refractivity contribution in [1.82, 2.24) is 5.32 Å². The zero-order valence-corrected chi connectivity index (χ0v) is 16.3. The highest BCUT2D eigenvalue weighted by Gasteiger charge is 2.33. The quantitative estimate of drug-likeness (QED) is 0.702. The number of rotatable bonds is 7. The molecule has 3 heteroatoms. The fourth-order valence-electron chi connectivity index (χ4n) is 2.78. The number of hydrogen-bond acceptors (Lipinski definition) is 1. The predicted molar refractivity (Wildman–Crippen MR) is 87.6 cm³/mol. The maximum atomic E-state index is 3.88. The highest BCUT2D eigenvalue weighted by Crippen LogP contribution is 2.25. The number of nitrogens with one attached hydrogen (secondary N) is 1. The van der Waals surface area contributed by atoms with E-state index in [0.29, 0.717) is 6.04 Å². The van der Waals surface area contributed by atoms with Crippen LogP contribution in [0.3, 0.4) is 0 Å². The Kier molecular flexibility index (Phi) is 7.60. The van der Waals surface area contributed by atoms with Gasteiger partial charge in [0.1, 0.15) is 0 Å². The van der Waals surface area contributed by atoms with Crippen LogP contribution in [0.4, 0.5) is 0 Å². The molecule has 0 heterocycles. The molecule has 0 bridgehead atoms. The smallest absolute Gasteiger partial charge is 0.0714 e. The third-order valence-corrected chi connectivity index (χ3v) is 12.0. The van der Waals surface area contributed by atoms with Crippen LogP contribution >= 0.6 is 0 Å². The van der Waals surface area contributed by atoms with E-state index in [9.17, 15) is 0 Å². The Bertz CT molecular complexity index is 245. The molecule has 2 unspecified atom stereocenters. The van der Waals surface area contributed by atoms with Crippen molar-refractivity contribution in [3.8, 4) is 0 Å². The van der Waals surface area contributed by atoms with Crippen molar-refractivity contribution in [3.05, 3.63) is 10.8 Å². The number of allylic oxidation sites excluding steroid dienone is 1. The van der Waals surface area contributed by atoms with Gasteiger partial charge in [0.2, 0.25) is 0 Å². The fraction of sp³-hybridized carbons (Fsp3) is 0.857. The molecule has 102 valence electrons. The highest BCUT2D eigenvalue weighted by molar-refractivity contribution is 6.81. The summed E-state index contributed by atoms with van der Waals surface area (Å²) in [5, 5.41) is 5.47. The first-order valence-corrected chi connectivity index (χ1v) is 10.9. The second-order valence-corrected chi connectivity index (χ2v) is 12.9. The van der Waals surface area contributed by atoms with Gasteiger partial charge in [0.25, 0.3) is 0 Å². The molecule has 0 aliphatic rings. The highest BCUT2D eigenvalue weighted by atomic mass is 28.3. The largest absolute Gasteiger partial charge is 0.311 e. The Labute approximate surface area is 113 Å². The SMILES string of the molecule is CC[Si](CC)(CC)C(C)NC(C)C(C)=C(C)[SiH3]. The summed E-state index contributed by atoms with van der Waals surface area (Å²) < 4.78 is 0. The minimum atomic E-state index is -1.09. The average Bonchev–Trinajstić information content (AvgIpc) is 2.30. The molecule has 17 heavy (non-hydrogen) atoms. The zero-order chi connectivity index (χ0) is 13.6. The van der Waals surface area contributed by atoms with Crippen LogP contribution in [0, 0.1) is 0 Å². The first kappa shape index (κ1) is 17.1. The molecule has 1 nitrogen and oxygen atoms in total. The van der Waals surface area contributed by atoms with E-state index in [0.717, 1.165) is 5.67 Å². The van der Waals surface area contributed by atoms with Gasteiger partial charge in [-0.3, -0.25) is 0 Å². The Morgan fingerprint density at radius 1 is 1.06 bits per heavy atom. The van der Waals surface area contributed by atoms with Gasteiger partial charge in [0, 0.05) is 16.3 Å². The van der Waals surface area contributed by atoms with Crippen LogP contribution in [0.1, 0.15) is 48.5 Å². The molecule has 0 spiro atoms. The standard InChI is InChI=1S/C14H33NSi2/c1-8-17(9-2,10-3)14(7)15-12(5)11(4)13(6)16/h12,14-15H,8-10H2,1-7,16H3. The van der Waals surface area contributed by atoms with Crippen molar-refractivity contribution in [2.75, 3.05) is 0 Å². The van der Waals surface area contributed by atoms with Crippen molar-refractivity contribution in [2.45, 2.75) is 78.3 Å². The van der Waals surface area contributed by atoms with E-state index in [-0.39, 0.29) is 0 Å². The van der Waals surface area contributed by atoms with Gasteiger partial charge < -0.3 is 5.32 Å². The summed E-state index contributed by atoms with van der Waals surface area (Å²) in [5.41, 5.74) is 2.29. The maximum Gasteiger partial charge on any atom is 0.0714 e. The lowest BCUT2D eigenvalue weighted by Crippen LogP contribution is -2.54. The summed E-state index contributed by atoms with van der Waals surface area (Å²) in [6, 6.07) is 4.77. The fourth-order valence-corrected chi connectivity index (χ4v) is 7.15. The van der Waals surface area contributed by atoms with Gasteiger partial charge in [-0.1, -0.05) is 56.6 Å². The van der Waals surface area contributed by atoms with Crippen molar-refractivity contribution < 1.29 is 0 Å². The van der Waals surface area contributed by atoms with Crippen molar-refractivity contribution >= 4 is 18.3 Å². The van der Waals surface area contributed by atoms with Crippen molar-refractivity contribution in [3.63, 3.8) is 0 Å². The van der Waals surface area contributed by atoms with E-state index in [1.54, 1.807) is 10.8 Å².